The summed E-state index contributed by atoms with van der Waals surface area (Å²) in [6.45, 7) is 1.74. The summed E-state index contributed by atoms with van der Waals surface area (Å²) in [7, 11) is 0. The normalized spacial score (nSPS) is 10.3. The highest BCUT2D eigenvalue weighted by Gasteiger charge is 2.12. The zero-order chi connectivity index (χ0) is 13.3. The predicted molar refractivity (Wildman–Crippen MR) is 62.2 cm³/mol. The lowest BCUT2D eigenvalue weighted by Crippen LogP contribution is -2.06. The van der Waals surface area contributed by atoms with Gasteiger partial charge < -0.3 is 14.8 Å². The first-order valence-electron chi connectivity index (χ1n) is 5.11. The molecule has 1 aromatic carbocycles. The molecule has 0 saturated heterocycles. The van der Waals surface area contributed by atoms with Crippen LogP contribution in [0.4, 0.5) is 0 Å². The second kappa shape index (κ2) is 4.33. The lowest BCUT2D eigenvalue weighted by molar-refractivity contribution is 0.0696. The van der Waals surface area contributed by atoms with E-state index in [9.17, 15) is 9.59 Å². The molecule has 2 aromatic rings. The number of carboxylic acids is 2. The van der Waals surface area contributed by atoms with Crippen molar-refractivity contribution < 1.29 is 19.8 Å². The topological polar surface area (TPSA) is 92.4 Å². The van der Waals surface area contributed by atoms with Gasteiger partial charge in [-0.25, -0.2) is 14.6 Å². The number of aryl methyl sites for hydroxylation is 1. The number of benzene rings is 1. The number of aromatic carboxylic acids is 2. The van der Waals surface area contributed by atoms with Crippen molar-refractivity contribution in [1.29, 1.82) is 0 Å². The Kier molecular flexibility index (Phi) is 2.85. The van der Waals surface area contributed by atoms with Crippen molar-refractivity contribution >= 4 is 11.9 Å². The largest absolute Gasteiger partial charge is 0.478 e. The third kappa shape index (κ3) is 2.08. The molecule has 1 heterocycles. The summed E-state index contributed by atoms with van der Waals surface area (Å²) in [5.41, 5.74) is 0.318. The molecule has 2 N–H and O–H groups in total. The quantitative estimate of drug-likeness (QED) is 0.857. The van der Waals surface area contributed by atoms with Gasteiger partial charge in [0.15, 0.2) is 0 Å². The van der Waals surface area contributed by atoms with Gasteiger partial charge in [0.2, 0.25) is 0 Å². The Balaban J connectivity index is 2.64. The van der Waals surface area contributed by atoms with Crippen molar-refractivity contribution in [1.82, 2.24) is 9.55 Å². The lowest BCUT2D eigenvalue weighted by Gasteiger charge is -2.07. The second-order valence-electron chi connectivity index (χ2n) is 3.72. The monoisotopic (exact) mass is 246 g/mol. The highest BCUT2D eigenvalue weighted by atomic mass is 16.4. The van der Waals surface area contributed by atoms with Crippen LogP contribution < -0.4 is 0 Å². The first-order valence-corrected chi connectivity index (χ1v) is 5.11. The first kappa shape index (κ1) is 11.8. The molecule has 0 aliphatic carbocycles. The summed E-state index contributed by atoms with van der Waals surface area (Å²) < 4.78 is 1.62. The molecule has 0 atom stereocenters. The molecule has 92 valence electrons. The van der Waals surface area contributed by atoms with Crippen LogP contribution in [-0.4, -0.2) is 31.7 Å². The smallest absolute Gasteiger partial charge is 0.335 e. The van der Waals surface area contributed by atoms with Gasteiger partial charge in [-0.05, 0) is 25.1 Å². The van der Waals surface area contributed by atoms with E-state index in [4.69, 9.17) is 10.2 Å². The van der Waals surface area contributed by atoms with Crippen molar-refractivity contribution in [3.05, 3.63) is 47.5 Å². The fraction of sp³-hybridized carbons (Fsp3) is 0.0833. The minimum absolute atomic E-state index is 0.0713. The standard InChI is InChI=1S/C12H10N2O4/c1-7-13-2-3-14(7)10-5-8(11(15)16)4-9(6-10)12(17)18/h2-6H,1H3,(H,15,16)(H,17,18). The van der Waals surface area contributed by atoms with Crippen LogP contribution in [-0.2, 0) is 0 Å². The molecular formula is C12H10N2O4. The van der Waals surface area contributed by atoms with E-state index >= 15 is 0 Å². The number of nitrogens with zero attached hydrogens (tertiary/aromatic N) is 2. The summed E-state index contributed by atoms with van der Waals surface area (Å²) in [6.07, 6.45) is 3.20. The predicted octanol–water partition coefficient (Wildman–Crippen LogP) is 1.58. The molecule has 0 fully saturated rings. The number of aromatic nitrogens is 2. The van der Waals surface area contributed by atoms with Crippen molar-refractivity contribution in [3.63, 3.8) is 0 Å². The van der Waals surface area contributed by atoms with E-state index in [0.29, 0.717) is 11.5 Å². The molecule has 0 unspecified atom stereocenters. The first-order chi connectivity index (χ1) is 8.49. The average molecular weight is 246 g/mol. The Bertz CT molecular complexity index is 599. The van der Waals surface area contributed by atoms with E-state index in [2.05, 4.69) is 4.98 Å². The van der Waals surface area contributed by atoms with Gasteiger partial charge in [0.1, 0.15) is 5.82 Å². The number of carbonyl (C=O) groups is 2. The molecule has 0 saturated carbocycles. The Morgan fingerprint density at radius 1 is 1.11 bits per heavy atom. The molecule has 2 rings (SSSR count). The second-order valence-corrected chi connectivity index (χ2v) is 3.72. The number of rotatable bonds is 3. The third-order valence-electron chi connectivity index (χ3n) is 2.52. The maximum Gasteiger partial charge on any atom is 0.335 e. The molecule has 6 heteroatoms. The average Bonchev–Trinajstić information content (AvgIpc) is 2.74. The zero-order valence-electron chi connectivity index (χ0n) is 9.49. The van der Waals surface area contributed by atoms with Crippen molar-refractivity contribution in [2.45, 2.75) is 6.92 Å². The van der Waals surface area contributed by atoms with Crippen LogP contribution in [0.25, 0.3) is 5.69 Å². The molecule has 0 amide bonds. The Morgan fingerprint density at radius 2 is 1.67 bits per heavy atom. The van der Waals surface area contributed by atoms with Crippen LogP contribution in [0, 0.1) is 6.92 Å². The Labute approximate surface area is 102 Å². The zero-order valence-corrected chi connectivity index (χ0v) is 9.49. The van der Waals surface area contributed by atoms with Gasteiger partial charge in [-0.2, -0.15) is 0 Å². The molecule has 0 aliphatic rings. The van der Waals surface area contributed by atoms with Crippen LogP contribution in [0.2, 0.25) is 0 Å². The van der Waals surface area contributed by atoms with Gasteiger partial charge in [-0.3, -0.25) is 0 Å². The molecule has 0 spiro atoms. The summed E-state index contributed by atoms with van der Waals surface area (Å²) in [6, 6.07) is 3.94. The molecule has 6 nitrogen and oxygen atoms in total. The summed E-state index contributed by atoms with van der Waals surface area (Å²) >= 11 is 0. The Hall–Kier alpha value is -2.63. The van der Waals surface area contributed by atoms with Crippen LogP contribution in [0.1, 0.15) is 26.5 Å². The minimum atomic E-state index is -1.17. The fourth-order valence-electron chi connectivity index (χ4n) is 1.65. The molecule has 0 aliphatic heterocycles. The number of hydrogen-bond donors (Lipinski definition) is 2. The maximum absolute atomic E-state index is 11.0. The van der Waals surface area contributed by atoms with E-state index in [1.54, 1.807) is 23.9 Å². The van der Waals surface area contributed by atoms with Gasteiger partial charge in [-0.1, -0.05) is 0 Å². The molecule has 18 heavy (non-hydrogen) atoms. The lowest BCUT2D eigenvalue weighted by atomic mass is 10.1. The molecular weight excluding hydrogens is 236 g/mol. The van der Waals surface area contributed by atoms with Gasteiger partial charge in [0.25, 0.3) is 0 Å². The van der Waals surface area contributed by atoms with E-state index in [1.165, 1.54) is 12.1 Å². The molecule has 0 bridgehead atoms. The van der Waals surface area contributed by atoms with Crippen LogP contribution in [0.3, 0.4) is 0 Å². The van der Waals surface area contributed by atoms with Gasteiger partial charge in [0.05, 0.1) is 11.1 Å². The van der Waals surface area contributed by atoms with Crippen molar-refractivity contribution in [3.8, 4) is 5.69 Å². The highest BCUT2D eigenvalue weighted by molar-refractivity contribution is 5.94. The van der Waals surface area contributed by atoms with Gasteiger partial charge in [-0.15, -0.1) is 0 Å². The van der Waals surface area contributed by atoms with Gasteiger partial charge >= 0.3 is 11.9 Å². The number of hydrogen-bond acceptors (Lipinski definition) is 3. The van der Waals surface area contributed by atoms with E-state index < -0.39 is 11.9 Å². The molecule has 0 radical (unpaired) electrons. The van der Waals surface area contributed by atoms with E-state index in [-0.39, 0.29) is 11.1 Å². The summed E-state index contributed by atoms with van der Waals surface area (Å²) in [5.74, 6) is -1.69. The highest BCUT2D eigenvalue weighted by Crippen LogP contribution is 2.16. The fourth-order valence-corrected chi connectivity index (χ4v) is 1.65. The number of imidazole rings is 1. The Morgan fingerprint density at radius 3 is 2.06 bits per heavy atom. The summed E-state index contributed by atoms with van der Waals surface area (Å²) in [5, 5.41) is 17.9. The third-order valence-corrected chi connectivity index (χ3v) is 2.52. The van der Waals surface area contributed by atoms with E-state index in [1.807, 2.05) is 0 Å². The summed E-state index contributed by atoms with van der Waals surface area (Å²) in [4.78, 5) is 25.9. The minimum Gasteiger partial charge on any atom is -0.478 e. The van der Waals surface area contributed by atoms with Crippen LogP contribution >= 0.6 is 0 Å². The SMILES string of the molecule is Cc1nccn1-c1cc(C(=O)O)cc(C(=O)O)c1. The van der Waals surface area contributed by atoms with Crippen molar-refractivity contribution in [2.75, 3.05) is 0 Å². The maximum atomic E-state index is 11.0. The van der Waals surface area contributed by atoms with Crippen molar-refractivity contribution in [2.24, 2.45) is 0 Å². The van der Waals surface area contributed by atoms with Crippen LogP contribution in [0.15, 0.2) is 30.6 Å². The van der Waals surface area contributed by atoms with Gasteiger partial charge in [0, 0.05) is 18.1 Å². The molecule has 1 aromatic heterocycles. The van der Waals surface area contributed by atoms with Crippen LogP contribution in [0.5, 0.6) is 0 Å². The van der Waals surface area contributed by atoms with E-state index in [0.717, 1.165) is 6.07 Å². The number of carboxylic acid groups (broad SMARTS) is 2.